The van der Waals surface area contributed by atoms with Crippen LogP contribution in [0.15, 0.2) is 54.6 Å². The van der Waals surface area contributed by atoms with Crippen LogP contribution in [-0.4, -0.2) is 17.1 Å². The van der Waals surface area contributed by atoms with Gasteiger partial charge in [-0.2, -0.15) is 0 Å². The van der Waals surface area contributed by atoms with Crippen molar-refractivity contribution in [2.24, 2.45) is 0 Å². The standard InChI is InChI=1S/C21H25NO2/c1-2-3-15-21(24)18-12-8-7-11-17(18)20(23)22-19(21)14-13-16-9-5-4-6-10-16/h4-12,19,24H,2-3,13-15H2,1H3,(H,22,23)/t19-,21-/m1/s1. The minimum absolute atomic E-state index is 0.0789. The summed E-state index contributed by atoms with van der Waals surface area (Å²) in [6.07, 6.45) is 4.18. The van der Waals surface area contributed by atoms with Crippen molar-refractivity contribution >= 4 is 5.91 Å². The van der Waals surface area contributed by atoms with E-state index in [2.05, 4.69) is 24.4 Å². The third kappa shape index (κ3) is 3.22. The molecule has 0 saturated carbocycles. The highest BCUT2D eigenvalue weighted by molar-refractivity contribution is 5.97. The Morgan fingerprint density at radius 2 is 1.79 bits per heavy atom. The summed E-state index contributed by atoms with van der Waals surface area (Å²) < 4.78 is 0. The van der Waals surface area contributed by atoms with Crippen LogP contribution in [-0.2, 0) is 12.0 Å². The van der Waals surface area contributed by atoms with Crippen molar-refractivity contribution in [3.8, 4) is 0 Å². The molecule has 3 nitrogen and oxygen atoms in total. The second-order valence-corrected chi connectivity index (χ2v) is 6.62. The molecule has 1 amide bonds. The molecule has 0 aromatic heterocycles. The van der Waals surface area contributed by atoms with Gasteiger partial charge in [0, 0.05) is 5.56 Å². The third-order valence-corrected chi connectivity index (χ3v) is 5.00. The van der Waals surface area contributed by atoms with Crippen molar-refractivity contribution in [3.63, 3.8) is 0 Å². The van der Waals surface area contributed by atoms with Crippen molar-refractivity contribution in [3.05, 3.63) is 71.3 Å². The van der Waals surface area contributed by atoms with Crippen LogP contribution in [0.5, 0.6) is 0 Å². The van der Waals surface area contributed by atoms with Crippen LogP contribution in [0.2, 0.25) is 0 Å². The molecule has 3 rings (SSSR count). The molecule has 0 bridgehead atoms. The van der Waals surface area contributed by atoms with Gasteiger partial charge in [0.1, 0.15) is 5.60 Å². The molecule has 1 aliphatic rings. The number of aryl methyl sites for hydroxylation is 1. The fourth-order valence-electron chi connectivity index (χ4n) is 3.62. The van der Waals surface area contributed by atoms with Crippen LogP contribution in [0.3, 0.4) is 0 Å². The van der Waals surface area contributed by atoms with E-state index in [4.69, 9.17) is 0 Å². The summed E-state index contributed by atoms with van der Waals surface area (Å²) in [7, 11) is 0. The molecule has 0 radical (unpaired) electrons. The third-order valence-electron chi connectivity index (χ3n) is 5.00. The van der Waals surface area contributed by atoms with E-state index in [1.54, 1.807) is 6.07 Å². The Labute approximate surface area is 143 Å². The first-order chi connectivity index (χ1) is 11.6. The van der Waals surface area contributed by atoms with E-state index in [-0.39, 0.29) is 11.9 Å². The number of carbonyl (C=O) groups excluding carboxylic acids is 1. The lowest BCUT2D eigenvalue weighted by Crippen LogP contribution is -2.55. The van der Waals surface area contributed by atoms with Gasteiger partial charge in [0.25, 0.3) is 5.91 Å². The first kappa shape index (κ1) is 16.7. The van der Waals surface area contributed by atoms with Gasteiger partial charge >= 0.3 is 0 Å². The quantitative estimate of drug-likeness (QED) is 0.849. The number of hydrogen-bond acceptors (Lipinski definition) is 2. The lowest BCUT2D eigenvalue weighted by atomic mass is 9.75. The molecule has 2 aromatic rings. The normalized spacial score (nSPS) is 22.8. The molecule has 24 heavy (non-hydrogen) atoms. The number of fused-ring (bicyclic) bond motifs is 1. The summed E-state index contributed by atoms with van der Waals surface area (Å²) in [5.41, 5.74) is 1.62. The van der Waals surface area contributed by atoms with E-state index in [0.29, 0.717) is 12.0 Å². The summed E-state index contributed by atoms with van der Waals surface area (Å²) >= 11 is 0. The lowest BCUT2D eigenvalue weighted by molar-refractivity contribution is -0.0209. The van der Waals surface area contributed by atoms with Gasteiger partial charge in [0.15, 0.2) is 0 Å². The summed E-state index contributed by atoms with van der Waals surface area (Å²) in [6.45, 7) is 2.12. The number of unbranched alkanes of at least 4 members (excludes halogenated alkanes) is 1. The van der Waals surface area contributed by atoms with Gasteiger partial charge in [-0.3, -0.25) is 4.79 Å². The summed E-state index contributed by atoms with van der Waals surface area (Å²) in [4.78, 5) is 12.4. The van der Waals surface area contributed by atoms with E-state index < -0.39 is 5.60 Å². The fourth-order valence-corrected chi connectivity index (χ4v) is 3.62. The molecule has 2 N–H and O–H groups in total. The maximum atomic E-state index is 12.4. The van der Waals surface area contributed by atoms with Crippen LogP contribution < -0.4 is 5.32 Å². The first-order valence-corrected chi connectivity index (χ1v) is 8.82. The maximum absolute atomic E-state index is 12.4. The molecule has 1 heterocycles. The first-order valence-electron chi connectivity index (χ1n) is 8.82. The molecule has 0 fully saturated rings. The molecule has 0 saturated heterocycles. The maximum Gasteiger partial charge on any atom is 0.251 e. The van der Waals surface area contributed by atoms with Gasteiger partial charge in [-0.25, -0.2) is 0 Å². The highest BCUT2D eigenvalue weighted by atomic mass is 16.3. The Kier molecular flexibility index (Phi) is 5.00. The number of rotatable bonds is 6. The van der Waals surface area contributed by atoms with Crippen LogP contribution in [0.25, 0.3) is 0 Å². The van der Waals surface area contributed by atoms with Gasteiger partial charge in [0.05, 0.1) is 6.04 Å². The van der Waals surface area contributed by atoms with Crippen molar-refractivity contribution in [1.29, 1.82) is 0 Å². The predicted octanol–water partition coefficient (Wildman–Crippen LogP) is 3.81. The zero-order valence-electron chi connectivity index (χ0n) is 14.2. The number of nitrogens with one attached hydrogen (secondary N) is 1. The Bertz CT molecular complexity index is 698. The number of aliphatic hydroxyl groups is 1. The summed E-state index contributed by atoms with van der Waals surface area (Å²) in [5, 5.41) is 14.5. The molecular formula is C21H25NO2. The molecule has 126 valence electrons. The van der Waals surface area contributed by atoms with E-state index in [1.807, 2.05) is 36.4 Å². The SMILES string of the molecule is CCCC[C@@]1(O)c2ccccc2C(=O)N[C@@H]1CCc1ccccc1. The Hall–Kier alpha value is -2.13. The molecule has 0 unspecified atom stereocenters. The number of amides is 1. The average molecular weight is 323 g/mol. The van der Waals surface area contributed by atoms with Crippen LogP contribution in [0.4, 0.5) is 0 Å². The van der Waals surface area contributed by atoms with Crippen LogP contribution in [0.1, 0.15) is 54.1 Å². The predicted molar refractivity (Wildman–Crippen MR) is 95.9 cm³/mol. The van der Waals surface area contributed by atoms with Gasteiger partial charge in [-0.1, -0.05) is 68.3 Å². The summed E-state index contributed by atoms with van der Waals surface area (Å²) in [5.74, 6) is -0.0789. The van der Waals surface area contributed by atoms with E-state index in [0.717, 1.165) is 31.2 Å². The van der Waals surface area contributed by atoms with E-state index >= 15 is 0 Å². The van der Waals surface area contributed by atoms with Crippen molar-refractivity contribution in [1.82, 2.24) is 5.32 Å². The fraction of sp³-hybridized carbons (Fsp3) is 0.381. The Morgan fingerprint density at radius 3 is 2.54 bits per heavy atom. The van der Waals surface area contributed by atoms with Crippen molar-refractivity contribution in [2.45, 2.75) is 50.7 Å². The average Bonchev–Trinajstić information content (AvgIpc) is 2.63. The van der Waals surface area contributed by atoms with Gasteiger partial charge in [0.2, 0.25) is 0 Å². The lowest BCUT2D eigenvalue weighted by Gasteiger charge is -2.42. The summed E-state index contributed by atoms with van der Waals surface area (Å²) in [6, 6.07) is 17.4. The second kappa shape index (κ2) is 7.18. The molecule has 3 heteroatoms. The minimum atomic E-state index is -0.991. The van der Waals surface area contributed by atoms with Crippen molar-refractivity contribution in [2.75, 3.05) is 0 Å². The van der Waals surface area contributed by atoms with Crippen LogP contribution >= 0.6 is 0 Å². The number of hydrogen-bond donors (Lipinski definition) is 2. The zero-order chi connectivity index (χ0) is 17.0. The molecule has 1 aliphatic heterocycles. The highest BCUT2D eigenvalue weighted by Crippen LogP contribution is 2.38. The van der Waals surface area contributed by atoms with Crippen molar-refractivity contribution < 1.29 is 9.90 Å². The Morgan fingerprint density at radius 1 is 1.08 bits per heavy atom. The highest BCUT2D eigenvalue weighted by Gasteiger charge is 2.44. The largest absolute Gasteiger partial charge is 0.383 e. The molecular weight excluding hydrogens is 298 g/mol. The van der Waals surface area contributed by atoms with Gasteiger partial charge in [-0.05, 0) is 36.5 Å². The Balaban J connectivity index is 1.88. The van der Waals surface area contributed by atoms with Gasteiger partial charge < -0.3 is 10.4 Å². The van der Waals surface area contributed by atoms with E-state index in [9.17, 15) is 9.90 Å². The number of carbonyl (C=O) groups is 1. The smallest absolute Gasteiger partial charge is 0.251 e. The second-order valence-electron chi connectivity index (χ2n) is 6.62. The van der Waals surface area contributed by atoms with E-state index in [1.165, 1.54) is 5.56 Å². The minimum Gasteiger partial charge on any atom is -0.383 e. The molecule has 2 aromatic carbocycles. The topological polar surface area (TPSA) is 49.3 Å². The zero-order valence-corrected chi connectivity index (χ0v) is 14.2. The van der Waals surface area contributed by atoms with Crippen LogP contribution in [0, 0.1) is 0 Å². The molecule has 0 aliphatic carbocycles. The number of benzene rings is 2. The molecule has 0 spiro atoms. The van der Waals surface area contributed by atoms with Gasteiger partial charge in [-0.15, -0.1) is 0 Å². The molecule has 2 atom stereocenters. The monoisotopic (exact) mass is 323 g/mol.